The van der Waals surface area contributed by atoms with Gasteiger partial charge in [0.25, 0.3) is 5.91 Å². The van der Waals surface area contributed by atoms with Gasteiger partial charge in [0.15, 0.2) is 6.10 Å². The van der Waals surface area contributed by atoms with Crippen LogP contribution in [-0.2, 0) is 9.53 Å². The van der Waals surface area contributed by atoms with E-state index in [0.717, 1.165) is 13.1 Å². The molecule has 1 aliphatic heterocycles. The van der Waals surface area contributed by atoms with Gasteiger partial charge in [-0.2, -0.15) is 0 Å². The first kappa shape index (κ1) is 20.4. The summed E-state index contributed by atoms with van der Waals surface area (Å²) in [5.41, 5.74) is 0. The minimum absolute atomic E-state index is 0.129. The summed E-state index contributed by atoms with van der Waals surface area (Å²) >= 11 is 13.7. The van der Waals surface area contributed by atoms with Crippen LogP contribution in [0.2, 0.25) is 10.0 Å². The van der Waals surface area contributed by atoms with Gasteiger partial charge in [-0.05, 0) is 36.6 Å². The summed E-state index contributed by atoms with van der Waals surface area (Å²) in [6.45, 7) is 5.35. The van der Waals surface area contributed by atoms with E-state index in [9.17, 15) is 4.79 Å². The number of benzene rings is 1. The highest BCUT2D eigenvalue weighted by atomic mass is 35.5. The molecule has 1 fully saturated rings. The van der Waals surface area contributed by atoms with E-state index < -0.39 is 6.10 Å². The van der Waals surface area contributed by atoms with Gasteiger partial charge in [0, 0.05) is 29.5 Å². The molecule has 0 unspecified atom stereocenters. The van der Waals surface area contributed by atoms with Crippen molar-refractivity contribution >= 4 is 40.4 Å². The number of hydrogen-bond acceptors (Lipinski definition) is 5. The molecule has 1 aromatic heterocycles. The summed E-state index contributed by atoms with van der Waals surface area (Å²) in [6, 6.07) is 9.20. The number of morpholine rings is 1. The van der Waals surface area contributed by atoms with E-state index in [-0.39, 0.29) is 11.9 Å². The van der Waals surface area contributed by atoms with Crippen LogP contribution >= 0.6 is 34.5 Å². The molecule has 3 rings (SSSR count). The van der Waals surface area contributed by atoms with Crippen molar-refractivity contribution in [1.82, 2.24) is 10.2 Å². The van der Waals surface area contributed by atoms with Crippen LogP contribution in [0.4, 0.5) is 0 Å². The number of nitrogens with one attached hydrogen (secondary N) is 1. The van der Waals surface area contributed by atoms with Crippen LogP contribution < -0.4 is 10.1 Å². The minimum atomic E-state index is -0.669. The van der Waals surface area contributed by atoms with Gasteiger partial charge in [-0.1, -0.05) is 29.3 Å². The lowest BCUT2D eigenvalue weighted by Crippen LogP contribution is -2.45. The van der Waals surface area contributed by atoms with Crippen LogP contribution in [0.1, 0.15) is 17.8 Å². The van der Waals surface area contributed by atoms with E-state index in [2.05, 4.69) is 21.7 Å². The molecule has 2 atom stereocenters. The van der Waals surface area contributed by atoms with Gasteiger partial charge in [-0.25, -0.2) is 0 Å². The highest BCUT2D eigenvalue weighted by Gasteiger charge is 2.25. The SMILES string of the molecule is C[C@H](Oc1ccc(Cl)cc1Cl)C(=O)NC[C@H](c1cccs1)N1CCOCC1. The predicted octanol–water partition coefficient (Wildman–Crippen LogP) is 4.01. The highest BCUT2D eigenvalue weighted by molar-refractivity contribution is 7.10. The quantitative estimate of drug-likeness (QED) is 0.723. The van der Waals surface area contributed by atoms with E-state index in [0.29, 0.717) is 35.6 Å². The van der Waals surface area contributed by atoms with Crippen LogP contribution in [0.15, 0.2) is 35.7 Å². The second-order valence-corrected chi connectivity index (χ2v) is 8.08. The highest BCUT2D eigenvalue weighted by Crippen LogP contribution is 2.28. The summed E-state index contributed by atoms with van der Waals surface area (Å²) in [7, 11) is 0. The van der Waals surface area contributed by atoms with Crippen molar-refractivity contribution in [2.24, 2.45) is 0 Å². The number of nitrogens with zero attached hydrogens (tertiary/aromatic N) is 1. The second kappa shape index (κ2) is 9.75. The number of halogens is 2. The number of carbonyl (C=O) groups excluding carboxylic acids is 1. The number of rotatable bonds is 7. The number of thiophene rings is 1. The fraction of sp³-hybridized carbons (Fsp3) is 0.421. The van der Waals surface area contributed by atoms with Gasteiger partial charge in [0.05, 0.1) is 24.3 Å². The topological polar surface area (TPSA) is 50.8 Å². The monoisotopic (exact) mass is 428 g/mol. The molecule has 1 amide bonds. The standard InChI is InChI=1S/C19H22Cl2N2O3S/c1-13(26-17-5-4-14(20)11-15(17)21)19(24)22-12-16(18-3-2-10-27-18)23-6-8-25-9-7-23/h2-5,10-11,13,16H,6-9,12H2,1H3,(H,22,24)/t13-,16+/m0/s1. The zero-order valence-electron chi connectivity index (χ0n) is 15.0. The molecule has 0 bridgehead atoms. The molecule has 0 spiro atoms. The molecule has 27 heavy (non-hydrogen) atoms. The Morgan fingerprint density at radius 1 is 1.33 bits per heavy atom. The zero-order valence-corrected chi connectivity index (χ0v) is 17.3. The minimum Gasteiger partial charge on any atom is -0.479 e. The summed E-state index contributed by atoms with van der Waals surface area (Å²) in [4.78, 5) is 16.1. The van der Waals surface area contributed by atoms with Crippen molar-refractivity contribution in [3.63, 3.8) is 0 Å². The predicted molar refractivity (Wildman–Crippen MR) is 109 cm³/mol. The first-order valence-corrected chi connectivity index (χ1v) is 10.4. The molecular weight excluding hydrogens is 407 g/mol. The van der Waals surface area contributed by atoms with E-state index in [4.69, 9.17) is 32.7 Å². The number of ether oxygens (including phenoxy) is 2. The molecule has 1 aliphatic rings. The molecule has 146 valence electrons. The maximum absolute atomic E-state index is 12.5. The summed E-state index contributed by atoms with van der Waals surface area (Å²) in [5.74, 6) is 0.252. The number of hydrogen-bond donors (Lipinski definition) is 1. The Bertz CT molecular complexity index is 751. The zero-order chi connectivity index (χ0) is 19.2. The summed E-state index contributed by atoms with van der Waals surface area (Å²) in [6.07, 6.45) is -0.669. The molecule has 1 aromatic carbocycles. The molecular formula is C19H22Cl2N2O3S. The van der Waals surface area contributed by atoms with Crippen molar-refractivity contribution in [2.75, 3.05) is 32.8 Å². The Balaban J connectivity index is 1.59. The van der Waals surface area contributed by atoms with E-state index in [1.807, 2.05) is 6.07 Å². The molecule has 2 aromatic rings. The lowest BCUT2D eigenvalue weighted by Gasteiger charge is -2.34. The van der Waals surface area contributed by atoms with Gasteiger partial charge in [0.2, 0.25) is 0 Å². The van der Waals surface area contributed by atoms with Crippen molar-refractivity contribution in [1.29, 1.82) is 0 Å². The third-order valence-corrected chi connectivity index (χ3v) is 5.90. The average Bonchev–Trinajstić information content (AvgIpc) is 3.19. The molecule has 0 radical (unpaired) electrons. The molecule has 5 nitrogen and oxygen atoms in total. The van der Waals surface area contributed by atoms with Crippen LogP contribution in [-0.4, -0.2) is 49.8 Å². The van der Waals surface area contributed by atoms with Crippen LogP contribution in [0.5, 0.6) is 5.75 Å². The van der Waals surface area contributed by atoms with Crippen molar-refractivity contribution in [3.8, 4) is 5.75 Å². The van der Waals surface area contributed by atoms with Gasteiger partial charge in [-0.15, -0.1) is 11.3 Å². The smallest absolute Gasteiger partial charge is 0.260 e. The average molecular weight is 429 g/mol. The molecule has 2 heterocycles. The Morgan fingerprint density at radius 2 is 2.11 bits per heavy atom. The molecule has 8 heteroatoms. The summed E-state index contributed by atoms with van der Waals surface area (Å²) < 4.78 is 11.1. The van der Waals surface area contributed by atoms with Crippen LogP contribution in [0, 0.1) is 0 Å². The number of amides is 1. The molecule has 1 saturated heterocycles. The largest absolute Gasteiger partial charge is 0.479 e. The van der Waals surface area contributed by atoms with Crippen LogP contribution in [0.3, 0.4) is 0 Å². The molecule has 1 N–H and O–H groups in total. The Labute approximate surface area is 173 Å². The lowest BCUT2D eigenvalue weighted by molar-refractivity contribution is -0.127. The Morgan fingerprint density at radius 3 is 2.78 bits per heavy atom. The normalized spacial score (nSPS) is 17.3. The van der Waals surface area contributed by atoms with Crippen molar-refractivity contribution < 1.29 is 14.3 Å². The van der Waals surface area contributed by atoms with Crippen LogP contribution in [0.25, 0.3) is 0 Å². The van der Waals surface area contributed by atoms with Crippen molar-refractivity contribution in [3.05, 3.63) is 50.6 Å². The number of carbonyl (C=O) groups is 1. The van der Waals surface area contributed by atoms with Crippen molar-refractivity contribution in [2.45, 2.75) is 19.1 Å². The van der Waals surface area contributed by atoms with Gasteiger partial charge in [-0.3, -0.25) is 9.69 Å². The van der Waals surface area contributed by atoms with E-state index in [1.54, 1.807) is 36.5 Å². The molecule has 0 saturated carbocycles. The van der Waals surface area contributed by atoms with Gasteiger partial charge in [0.1, 0.15) is 5.75 Å². The van der Waals surface area contributed by atoms with Gasteiger partial charge >= 0.3 is 0 Å². The first-order valence-electron chi connectivity index (χ1n) is 8.79. The Kier molecular flexibility index (Phi) is 7.38. The van der Waals surface area contributed by atoms with E-state index in [1.165, 1.54) is 4.88 Å². The third kappa shape index (κ3) is 5.59. The molecule has 0 aliphatic carbocycles. The lowest BCUT2D eigenvalue weighted by atomic mass is 10.2. The second-order valence-electron chi connectivity index (χ2n) is 6.26. The maximum atomic E-state index is 12.5. The van der Waals surface area contributed by atoms with Gasteiger partial charge < -0.3 is 14.8 Å². The maximum Gasteiger partial charge on any atom is 0.260 e. The first-order chi connectivity index (χ1) is 13.0. The Hall–Kier alpha value is -1.31. The fourth-order valence-electron chi connectivity index (χ4n) is 2.94. The van der Waals surface area contributed by atoms with E-state index >= 15 is 0 Å². The third-order valence-electron chi connectivity index (χ3n) is 4.39. The fourth-order valence-corrected chi connectivity index (χ4v) is 4.25. The summed E-state index contributed by atoms with van der Waals surface area (Å²) in [5, 5.41) is 5.97.